The molecule has 4 rings (SSSR count). The highest BCUT2D eigenvalue weighted by Gasteiger charge is 2.15. The number of hydrogen-bond acceptors (Lipinski definition) is 6. The molecule has 0 radical (unpaired) electrons. The number of thiazole rings is 1. The molecule has 6 nitrogen and oxygen atoms in total. The zero-order valence-electron chi connectivity index (χ0n) is 16.5. The lowest BCUT2D eigenvalue weighted by molar-refractivity contribution is -0.116. The third kappa shape index (κ3) is 5.05. The fourth-order valence-electron chi connectivity index (χ4n) is 3.24. The number of para-hydroxylation sites is 1. The van der Waals surface area contributed by atoms with Gasteiger partial charge >= 0.3 is 0 Å². The Morgan fingerprint density at radius 1 is 1.24 bits per heavy atom. The Kier molecular flexibility index (Phi) is 6.27. The number of fused-ring (bicyclic) bond motifs is 1. The van der Waals surface area contributed by atoms with E-state index >= 15 is 0 Å². The third-order valence-corrected chi connectivity index (χ3v) is 5.92. The van der Waals surface area contributed by atoms with Crippen molar-refractivity contribution in [1.29, 1.82) is 0 Å². The van der Waals surface area contributed by atoms with Gasteiger partial charge in [-0.25, -0.2) is 4.98 Å². The third-order valence-electron chi connectivity index (χ3n) is 4.84. The van der Waals surface area contributed by atoms with Crippen molar-refractivity contribution >= 4 is 38.3 Å². The molecule has 3 aromatic rings. The largest absolute Gasteiger partial charge is 0.493 e. The molecule has 2 heterocycles. The van der Waals surface area contributed by atoms with Gasteiger partial charge in [-0.1, -0.05) is 29.5 Å². The molecule has 1 amide bonds. The van der Waals surface area contributed by atoms with Gasteiger partial charge in [-0.05, 0) is 43.2 Å². The Morgan fingerprint density at radius 2 is 2.07 bits per heavy atom. The van der Waals surface area contributed by atoms with Crippen LogP contribution in [0.1, 0.15) is 18.4 Å². The van der Waals surface area contributed by atoms with Crippen LogP contribution in [0.2, 0.25) is 0 Å². The number of carbonyl (C=O) groups excluding carboxylic acids is 1. The number of aromatic nitrogens is 1. The number of anilines is 2. The van der Waals surface area contributed by atoms with Gasteiger partial charge in [0.2, 0.25) is 5.91 Å². The summed E-state index contributed by atoms with van der Waals surface area (Å²) in [6.07, 6.45) is 1.09. The monoisotopic (exact) mass is 411 g/mol. The molecule has 0 atom stereocenters. The molecule has 1 fully saturated rings. The van der Waals surface area contributed by atoms with Crippen molar-refractivity contribution in [2.45, 2.75) is 19.8 Å². The Bertz CT molecular complexity index is 982. The van der Waals surface area contributed by atoms with Crippen LogP contribution in [0.25, 0.3) is 10.2 Å². The first-order chi connectivity index (χ1) is 14.2. The van der Waals surface area contributed by atoms with Gasteiger partial charge in [0.1, 0.15) is 5.75 Å². The SMILES string of the molecule is Cc1ccccc1OCCCC(=O)Nc1ccc2nc(N3CCOCC3)sc2c1. The molecule has 7 heteroatoms. The van der Waals surface area contributed by atoms with Crippen molar-refractivity contribution in [3.05, 3.63) is 48.0 Å². The average Bonchev–Trinajstić information content (AvgIpc) is 3.16. The Morgan fingerprint density at radius 3 is 2.90 bits per heavy atom. The minimum absolute atomic E-state index is 0.00403. The quantitative estimate of drug-likeness (QED) is 0.589. The highest BCUT2D eigenvalue weighted by Crippen LogP contribution is 2.31. The fourth-order valence-corrected chi connectivity index (χ4v) is 4.29. The van der Waals surface area contributed by atoms with E-state index in [1.165, 1.54) is 0 Å². The molecule has 0 spiro atoms. The highest BCUT2D eigenvalue weighted by molar-refractivity contribution is 7.22. The minimum Gasteiger partial charge on any atom is -0.493 e. The van der Waals surface area contributed by atoms with Gasteiger partial charge in [0.15, 0.2) is 5.13 Å². The average molecular weight is 412 g/mol. The standard InChI is InChI=1S/C22H25N3O3S/c1-16-5-2-3-6-19(16)28-12-4-7-21(26)23-17-8-9-18-20(15-17)29-22(24-18)25-10-13-27-14-11-25/h2-3,5-6,8-9,15H,4,7,10-14H2,1H3,(H,23,26). The second-order valence-electron chi connectivity index (χ2n) is 7.04. The molecule has 1 N–H and O–H groups in total. The van der Waals surface area contributed by atoms with Crippen LogP contribution in [-0.2, 0) is 9.53 Å². The van der Waals surface area contributed by atoms with Gasteiger partial charge in [-0.3, -0.25) is 4.79 Å². The molecule has 0 unspecified atom stereocenters. The van der Waals surface area contributed by atoms with E-state index in [1.54, 1.807) is 11.3 Å². The van der Waals surface area contributed by atoms with Crippen molar-refractivity contribution in [2.24, 2.45) is 0 Å². The van der Waals surface area contributed by atoms with Crippen molar-refractivity contribution in [1.82, 2.24) is 4.98 Å². The number of rotatable bonds is 7. The van der Waals surface area contributed by atoms with E-state index in [2.05, 4.69) is 10.2 Å². The maximum absolute atomic E-state index is 12.3. The maximum Gasteiger partial charge on any atom is 0.224 e. The topological polar surface area (TPSA) is 63.7 Å². The van der Waals surface area contributed by atoms with E-state index in [9.17, 15) is 4.79 Å². The maximum atomic E-state index is 12.3. The van der Waals surface area contributed by atoms with E-state index in [4.69, 9.17) is 14.5 Å². The first kappa shape index (κ1) is 19.7. The van der Waals surface area contributed by atoms with Crippen molar-refractivity contribution in [3.8, 4) is 5.75 Å². The summed E-state index contributed by atoms with van der Waals surface area (Å²) < 4.78 is 12.2. The normalized spacial score (nSPS) is 14.2. The smallest absolute Gasteiger partial charge is 0.224 e. The molecule has 1 aliphatic rings. The van der Waals surface area contributed by atoms with Gasteiger partial charge in [0.05, 0.1) is 30.0 Å². The molecule has 1 aromatic heterocycles. The summed E-state index contributed by atoms with van der Waals surface area (Å²) in [5, 5.41) is 4.00. The van der Waals surface area contributed by atoms with Crippen LogP contribution in [0.15, 0.2) is 42.5 Å². The van der Waals surface area contributed by atoms with E-state index in [0.717, 1.165) is 58.7 Å². The van der Waals surface area contributed by atoms with E-state index in [1.807, 2.05) is 49.4 Å². The molecule has 0 saturated carbocycles. The number of ether oxygens (including phenoxy) is 2. The predicted octanol–water partition coefficient (Wildman–Crippen LogP) is 4.24. The Balaban J connectivity index is 1.29. The number of nitrogens with zero attached hydrogens (tertiary/aromatic N) is 2. The molecule has 2 aromatic carbocycles. The number of carbonyl (C=O) groups is 1. The second-order valence-corrected chi connectivity index (χ2v) is 8.05. The number of amides is 1. The predicted molar refractivity (Wildman–Crippen MR) is 117 cm³/mol. The number of benzene rings is 2. The fraction of sp³-hybridized carbons (Fsp3) is 0.364. The number of aryl methyl sites for hydroxylation is 1. The zero-order valence-corrected chi connectivity index (χ0v) is 17.3. The molecule has 0 aliphatic carbocycles. The first-order valence-corrected chi connectivity index (χ1v) is 10.7. The number of hydrogen-bond donors (Lipinski definition) is 1. The van der Waals surface area contributed by atoms with Crippen molar-refractivity contribution in [2.75, 3.05) is 43.1 Å². The van der Waals surface area contributed by atoms with E-state index < -0.39 is 0 Å². The number of morpholine rings is 1. The van der Waals surface area contributed by atoms with E-state index in [-0.39, 0.29) is 5.91 Å². The van der Waals surface area contributed by atoms with Gasteiger partial charge in [-0.15, -0.1) is 0 Å². The van der Waals surface area contributed by atoms with Crippen LogP contribution in [-0.4, -0.2) is 43.8 Å². The number of nitrogens with one attached hydrogen (secondary N) is 1. The van der Waals surface area contributed by atoms with Crippen LogP contribution < -0.4 is 15.0 Å². The minimum atomic E-state index is -0.00403. The first-order valence-electron chi connectivity index (χ1n) is 9.90. The lowest BCUT2D eigenvalue weighted by Crippen LogP contribution is -2.36. The van der Waals surface area contributed by atoms with Gasteiger partial charge in [0.25, 0.3) is 0 Å². The summed E-state index contributed by atoms with van der Waals surface area (Å²) in [5.41, 5.74) is 2.87. The zero-order chi connectivity index (χ0) is 20.1. The summed E-state index contributed by atoms with van der Waals surface area (Å²) >= 11 is 1.65. The van der Waals surface area contributed by atoms with Crippen LogP contribution >= 0.6 is 11.3 Å². The van der Waals surface area contributed by atoms with Crippen molar-refractivity contribution < 1.29 is 14.3 Å². The Hall–Kier alpha value is -2.64. The molecular weight excluding hydrogens is 386 g/mol. The van der Waals surface area contributed by atoms with Crippen LogP contribution in [0, 0.1) is 6.92 Å². The summed E-state index contributed by atoms with van der Waals surface area (Å²) in [7, 11) is 0. The Labute approximate surface area is 174 Å². The molecule has 152 valence electrons. The molecule has 29 heavy (non-hydrogen) atoms. The summed E-state index contributed by atoms with van der Waals surface area (Å²) in [5.74, 6) is 0.871. The second kappa shape index (κ2) is 9.24. The molecule has 0 bridgehead atoms. The summed E-state index contributed by atoms with van der Waals surface area (Å²) in [6.45, 7) is 5.76. The van der Waals surface area contributed by atoms with Gasteiger partial charge < -0.3 is 19.7 Å². The van der Waals surface area contributed by atoms with Crippen LogP contribution in [0.5, 0.6) is 5.75 Å². The highest BCUT2D eigenvalue weighted by atomic mass is 32.1. The van der Waals surface area contributed by atoms with Crippen molar-refractivity contribution in [3.63, 3.8) is 0 Å². The summed E-state index contributed by atoms with van der Waals surface area (Å²) in [4.78, 5) is 19.2. The van der Waals surface area contributed by atoms with Gasteiger partial charge in [0, 0.05) is 25.2 Å². The van der Waals surface area contributed by atoms with E-state index in [0.29, 0.717) is 19.4 Å². The molecule has 1 saturated heterocycles. The summed E-state index contributed by atoms with van der Waals surface area (Å²) in [6, 6.07) is 13.8. The lowest BCUT2D eigenvalue weighted by atomic mass is 10.2. The van der Waals surface area contributed by atoms with Gasteiger partial charge in [-0.2, -0.15) is 0 Å². The molecular formula is C22H25N3O3S. The lowest BCUT2D eigenvalue weighted by Gasteiger charge is -2.25. The van der Waals surface area contributed by atoms with Crippen LogP contribution in [0.3, 0.4) is 0 Å². The molecule has 1 aliphatic heterocycles. The van der Waals surface area contributed by atoms with Crippen LogP contribution in [0.4, 0.5) is 10.8 Å².